The number of sulfone groups is 1. The average molecular weight is 621 g/mol. The minimum Gasteiger partial charge on any atom is -0.474 e. The SMILES string of the molecule is CS(=O)(=O)C1=C(OC(c2ccccc2)c2ccccc2)C(=O)N(c2ccc(I)cc2)C1c1ccccc1. The van der Waals surface area contributed by atoms with E-state index in [0.29, 0.717) is 11.3 Å². The first kappa shape index (κ1) is 25.2. The fraction of sp³-hybridized carbons (Fsp3) is 0.100. The van der Waals surface area contributed by atoms with Crippen molar-refractivity contribution in [1.29, 1.82) is 0 Å². The number of halogens is 1. The number of carbonyl (C=O) groups is 1. The highest BCUT2D eigenvalue weighted by Crippen LogP contribution is 2.45. The molecule has 0 aromatic heterocycles. The van der Waals surface area contributed by atoms with E-state index in [9.17, 15) is 13.2 Å². The molecule has 1 atom stereocenters. The Morgan fingerprint density at radius 3 is 1.73 bits per heavy atom. The molecule has 0 bridgehead atoms. The molecule has 0 spiro atoms. The van der Waals surface area contributed by atoms with Crippen molar-refractivity contribution in [3.8, 4) is 0 Å². The van der Waals surface area contributed by atoms with E-state index >= 15 is 0 Å². The first-order valence-electron chi connectivity index (χ1n) is 11.7. The van der Waals surface area contributed by atoms with Gasteiger partial charge in [-0.05, 0) is 63.5 Å². The standard InChI is InChI=1S/C30H24INO4S/c1-37(34,35)29-26(21-11-5-2-6-12-21)32(25-19-17-24(31)18-20-25)30(33)28(29)36-27(22-13-7-3-8-14-22)23-15-9-4-10-16-23/h2-20,26-27H,1H3. The summed E-state index contributed by atoms with van der Waals surface area (Å²) >= 11 is 2.20. The van der Waals surface area contributed by atoms with Crippen molar-refractivity contribution in [2.24, 2.45) is 0 Å². The van der Waals surface area contributed by atoms with E-state index in [0.717, 1.165) is 21.0 Å². The van der Waals surface area contributed by atoms with Crippen LogP contribution in [0.2, 0.25) is 0 Å². The van der Waals surface area contributed by atoms with Crippen LogP contribution in [0, 0.1) is 3.57 Å². The fourth-order valence-corrected chi connectivity index (χ4v) is 6.04. The maximum Gasteiger partial charge on any atom is 0.295 e. The quantitative estimate of drug-likeness (QED) is 0.223. The van der Waals surface area contributed by atoms with E-state index in [1.807, 2.05) is 115 Å². The Bertz CT molecular complexity index is 1500. The summed E-state index contributed by atoms with van der Waals surface area (Å²) < 4.78 is 34.2. The van der Waals surface area contributed by atoms with Crippen LogP contribution in [-0.4, -0.2) is 20.6 Å². The second-order valence-electron chi connectivity index (χ2n) is 8.75. The number of nitrogens with zero attached hydrogens (tertiary/aromatic N) is 1. The van der Waals surface area contributed by atoms with Crippen molar-refractivity contribution >= 4 is 44.0 Å². The molecule has 7 heteroatoms. The average Bonchev–Trinajstić information content (AvgIpc) is 3.21. The van der Waals surface area contributed by atoms with E-state index in [1.165, 1.54) is 4.90 Å². The number of anilines is 1. The third-order valence-corrected chi connectivity index (χ3v) is 8.13. The van der Waals surface area contributed by atoms with Crippen molar-refractivity contribution < 1.29 is 17.9 Å². The number of carbonyl (C=O) groups excluding carboxylic acids is 1. The predicted octanol–water partition coefficient (Wildman–Crippen LogP) is 6.44. The lowest BCUT2D eigenvalue weighted by molar-refractivity contribution is -0.118. The number of rotatable bonds is 7. The number of benzene rings is 4. The molecule has 0 saturated carbocycles. The van der Waals surface area contributed by atoms with Crippen LogP contribution in [0.5, 0.6) is 0 Å². The van der Waals surface area contributed by atoms with Crippen molar-refractivity contribution in [2.75, 3.05) is 11.2 Å². The highest BCUT2D eigenvalue weighted by atomic mass is 127. The van der Waals surface area contributed by atoms with E-state index in [2.05, 4.69) is 22.6 Å². The van der Waals surface area contributed by atoms with E-state index in [1.54, 1.807) is 0 Å². The molecule has 0 aliphatic carbocycles. The van der Waals surface area contributed by atoms with Gasteiger partial charge in [-0.2, -0.15) is 0 Å². The lowest BCUT2D eigenvalue weighted by Gasteiger charge is -2.26. The normalized spacial score (nSPS) is 15.9. The molecular weight excluding hydrogens is 597 g/mol. The summed E-state index contributed by atoms with van der Waals surface area (Å²) in [7, 11) is -3.85. The van der Waals surface area contributed by atoms with Crippen molar-refractivity contribution in [2.45, 2.75) is 12.1 Å². The van der Waals surface area contributed by atoms with Gasteiger partial charge in [0.2, 0.25) is 5.76 Å². The predicted molar refractivity (Wildman–Crippen MR) is 154 cm³/mol. The van der Waals surface area contributed by atoms with Gasteiger partial charge >= 0.3 is 0 Å². The van der Waals surface area contributed by atoms with Gasteiger partial charge in [0.1, 0.15) is 17.1 Å². The Kier molecular flexibility index (Phi) is 7.17. The van der Waals surface area contributed by atoms with Crippen molar-refractivity contribution in [3.63, 3.8) is 0 Å². The molecule has 1 amide bonds. The van der Waals surface area contributed by atoms with Gasteiger partial charge in [0.25, 0.3) is 5.91 Å². The molecule has 0 fully saturated rings. The third-order valence-electron chi connectivity index (χ3n) is 6.20. The van der Waals surface area contributed by atoms with Crippen LogP contribution < -0.4 is 4.90 Å². The van der Waals surface area contributed by atoms with E-state index < -0.39 is 27.9 Å². The van der Waals surface area contributed by atoms with Crippen LogP contribution in [0.25, 0.3) is 0 Å². The zero-order valence-electron chi connectivity index (χ0n) is 20.0. The third kappa shape index (κ3) is 5.19. The first-order chi connectivity index (χ1) is 17.8. The largest absolute Gasteiger partial charge is 0.474 e. The Balaban J connectivity index is 1.71. The molecule has 5 rings (SSSR count). The minimum absolute atomic E-state index is 0.0425. The molecule has 1 aliphatic heterocycles. The molecule has 1 aliphatic rings. The van der Waals surface area contributed by atoms with Crippen LogP contribution in [0.3, 0.4) is 0 Å². The lowest BCUT2D eigenvalue weighted by atomic mass is 10.0. The Morgan fingerprint density at radius 2 is 1.24 bits per heavy atom. The van der Waals surface area contributed by atoms with Gasteiger partial charge in [-0.3, -0.25) is 9.69 Å². The molecule has 37 heavy (non-hydrogen) atoms. The molecular formula is C30H24INO4S. The van der Waals surface area contributed by atoms with E-state index in [-0.39, 0.29) is 10.7 Å². The monoisotopic (exact) mass is 621 g/mol. The second kappa shape index (κ2) is 10.5. The number of hydrogen-bond donors (Lipinski definition) is 0. The summed E-state index contributed by atoms with van der Waals surface area (Å²) in [4.78, 5) is 15.6. The topological polar surface area (TPSA) is 63.7 Å². The van der Waals surface area contributed by atoms with Gasteiger partial charge in [0.15, 0.2) is 9.84 Å². The Hall–Kier alpha value is -3.43. The van der Waals surface area contributed by atoms with Gasteiger partial charge in [-0.15, -0.1) is 0 Å². The highest BCUT2D eigenvalue weighted by Gasteiger charge is 2.47. The lowest BCUT2D eigenvalue weighted by Crippen LogP contribution is -2.31. The number of amides is 1. The summed E-state index contributed by atoms with van der Waals surface area (Å²) in [6.07, 6.45) is 0.457. The summed E-state index contributed by atoms with van der Waals surface area (Å²) in [6, 6.07) is 34.7. The van der Waals surface area contributed by atoms with Crippen LogP contribution in [-0.2, 0) is 19.4 Å². The Labute approximate surface area is 230 Å². The molecule has 1 heterocycles. The van der Waals surface area contributed by atoms with Crippen molar-refractivity contribution in [1.82, 2.24) is 0 Å². The van der Waals surface area contributed by atoms with Crippen LogP contribution >= 0.6 is 22.6 Å². The van der Waals surface area contributed by atoms with Gasteiger partial charge in [0.05, 0.1) is 0 Å². The summed E-state index contributed by atoms with van der Waals surface area (Å²) in [5.74, 6) is -0.653. The number of ether oxygens (including phenoxy) is 1. The maximum atomic E-state index is 14.1. The molecule has 186 valence electrons. The van der Waals surface area contributed by atoms with Crippen LogP contribution in [0.15, 0.2) is 126 Å². The zero-order valence-corrected chi connectivity index (χ0v) is 23.0. The van der Waals surface area contributed by atoms with Gasteiger partial charge in [-0.25, -0.2) is 8.42 Å². The van der Waals surface area contributed by atoms with Crippen LogP contribution in [0.1, 0.15) is 28.8 Å². The summed E-state index contributed by atoms with van der Waals surface area (Å²) in [5.41, 5.74) is 2.90. The highest BCUT2D eigenvalue weighted by molar-refractivity contribution is 14.1. The second-order valence-corrected chi connectivity index (χ2v) is 12.0. The molecule has 0 N–H and O–H groups in total. The Morgan fingerprint density at radius 1 is 0.757 bits per heavy atom. The van der Waals surface area contributed by atoms with Crippen molar-refractivity contribution in [3.05, 3.63) is 146 Å². The van der Waals surface area contributed by atoms with Crippen LogP contribution in [0.4, 0.5) is 5.69 Å². The first-order valence-corrected chi connectivity index (χ1v) is 14.7. The van der Waals surface area contributed by atoms with Gasteiger partial charge in [0, 0.05) is 15.5 Å². The van der Waals surface area contributed by atoms with Gasteiger partial charge < -0.3 is 4.74 Å². The molecule has 1 unspecified atom stereocenters. The molecule has 5 nitrogen and oxygen atoms in total. The summed E-state index contributed by atoms with van der Waals surface area (Å²) in [5, 5.41) is 0. The fourth-order valence-electron chi connectivity index (χ4n) is 4.56. The molecule has 4 aromatic carbocycles. The zero-order chi connectivity index (χ0) is 26.0. The molecule has 0 radical (unpaired) electrons. The summed E-state index contributed by atoms with van der Waals surface area (Å²) in [6.45, 7) is 0. The number of hydrogen-bond acceptors (Lipinski definition) is 4. The smallest absolute Gasteiger partial charge is 0.295 e. The van der Waals surface area contributed by atoms with Gasteiger partial charge in [-0.1, -0.05) is 91.0 Å². The van der Waals surface area contributed by atoms with E-state index in [4.69, 9.17) is 4.74 Å². The molecule has 0 saturated heterocycles. The maximum absolute atomic E-state index is 14.1. The molecule has 4 aromatic rings. The minimum atomic E-state index is -3.85.